The lowest BCUT2D eigenvalue weighted by Gasteiger charge is -2.24. The van der Waals surface area contributed by atoms with Crippen LogP contribution in [0.15, 0.2) is 42.6 Å². The van der Waals surface area contributed by atoms with Gasteiger partial charge in [0.25, 0.3) is 0 Å². The molecule has 33 heavy (non-hydrogen) atoms. The van der Waals surface area contributed by atoms with E-state index in [1.54, 1.807) is 25.3 Å². The van der Waals surface area contributed by atoms with Crippen LogP contribution in [0.2, 0.25) is 0 Å². The van der Waals surface area contributed by atoms with Gasteiger partial charge in [0.05, 0.1) is 18.4 Å². The van der Waals surface area contributed by atoms with E-state index >= 15 is 0 Å². The summed E-state index contributed by atoms with van der Waals surface area (Å²) in [7, 11) is 1.58. The molecule has 1 aromatic heterocycles. The number of carbonyl (C=O) groups is 1. The van der Waals surface area contributed by atoms with E-state index in [1.807, 2.05) is 19.9 Å². The first-order valence-electron chi connectivity index (χ1n) is 10.5. The molecule has 1 fully saturated rings. The topological polar surface area (TPSA) is 72.9 Å². The molecule has 0 unspecified atom stereocenters. The number of pyridine rings is 1. The predicted octanol–water partition coefficient (Wildman–Crippen LogP) is 4.03. The maximum Gasteiger partial charge on any atom is 0.433 e. The van der Waals surface area contributed by atoms with Crippen molar-refractivity contribution < 1.29 is 32.2 Å². The summed E-state index contributed by atoms with van der Waals surface area (Å²) in [6, 6.07) is 9.34. The minimum Gasteiger partial charge on any atom is -0.456 e. The van der Waals surface area contributed by atoms with E-state index in [0.29, 0.717) is 18.9 Å². The first-order chi connectivity index (χ1) is 15.6. The highest BCUT2D eigenvalue weighted by Gasteiger charge is 2.32. The second kappa shape index (κ2) is 10.4. The normalized spacial score (nSPS) is 16.7. The molecule has 0 aliphatic carbocycles. The average molecular weight is 467 g/mol. The third-order valence-electron chi connectivity index (χ3n) is 5.08. The van der Waals surface area contributed by atoms with E-state index in [0.717, 1.165) is 30.9 Å². The monoisotopic (exact) mass is 467 g/mol. The fourth-order valence-corrected chi connectivity index (χ4v) is 3.52. The van der Waals surface area contributed by atoms with E-state index < -0.39 is 17.5 Å². The van der Waals surface area contributed by atoms with Crippen LogP contribution >= 0.6 is 0 Å². The Hall–Kier alpha value is -2.85. The van der Waals surface area contributed by atoms with Gasteiger partial charge >= 0.3 is 6.18 Å². The van der Waals surface area contributed by atoms with Crippen LogP contribution in [0.4, 0.5) is 18.9 Å². The molecule has 3 rings (SSSR count). The lowest BCUT2D eigenvalue weighted by molar-refractivity contribution is -0.141. The number of aromatic nitrogens is 1. The number of carbonyl (C=O) groups excluding carboxylic acids is 1. The molecule has 1 aliphatic rings. The lowest BCUT2D eigenvalue weighted by Crippen LogP contribution is -2.41. The van der Waals surface area contributed by atoms with E-state index in [2.05, 4.69) is 15.2 Å². The number of anilines is 1. The highest BCUT2D eigenvalue weighted by atomic mass is 19.4. The minimum atomic E-state index is -4.49. The Morgan fingerprint density at radius 1 is 1.21 bits per heavy atom. The molecule has 180 valence electrons. The first kappa shape index (κ1) is 24.8. The van der Waals surface area contributed by atoms with Crippen LogP contribution in [0.5, 0.6) is 11.5 Å². The first-order valence-corrected chi connectivity index (χ1v) is 10.5. The van der Waals surface area contributed by atoms with Crippen LogP contribution in [0.1, 0.15) is 26.0 Å². The number of nitrogens with zero attached hydrogens (tertiary/aromatic N) is 2. The fraction of sp³-hybridized carbons (Fsp3) is 0.478. The van der Waals surface area contributed by atoms with Gasteiger partial charge in [0.15, 0.2) is 0 Å². The molecule has 10 heteroatoms. The summed E-state index contributed by atoms with van der Waals surface area (Å²) in [6.07, 6.45) is -2.67. The molecule has 1 aromatic carbocycles. The van der Waals surface area contributed by atoms with Crippen LogP contribution in [0.3, 0.4) is 0 Å². The second-order valence-electron chi connectivity index (χ2n) is 8.46. The predicted molar refractivity (Wildman–Crippen MR) is 116 cm³/mol. The lowest BCUT2D eigenvalue weighted by atomic mass is 10.1. The molecule has 2 aromatic rings. The number of hydrogen-bond acceptors (Lipinski definition) is 6. The van der Waals surface area contributed by atoms with Gasteiger partial charge in [-0.25, -0.2) is 4.98 Å². The fourth-order valence-electron chi connectivity index (χ4n) is 3.52. The molecule has 2 heterocycles. The molecule has 1 atom stereocenters. The van der Waals surface area contributed by atoms with Gasteiger partial charge in [-0.1, -0.05) is 6.07 Å². The Morgan fingerprint density at radius 2 is 2.00 bits per heavy atom. The molecule has 1 amide bonds. The van der Waals surface area contributed by atoms with Crippen molar-refractivity contribution in [1.82, 2.24) is 10.3 Å². The Bertz CT molecular complexity index is 935. The molecule has 1 aliphatic heterocycles. The van der Waals surface area contributed by atoms with E-state index in [1.165, 1.54) is 6.07 Å². The molecule has 1 saturated heterocycles. The summed E-state index contributed by atoms with van der Waals surface area (Å²) in [5.41, 5.74) is -0.625. The van der Waals surface area contributed by atoms with E-state index in [-0.39, 0.29) is 24.3 Å². The molecule has 0 saturated carbocycles. The summed E-state index contributed by atoms with van der Waals surface area (Å²) in [5, 5.41) is 2.99. The van der Waals surface area contributed by atoms with E-state index in [4.69, 9.17) is 14.2 Å². The average Bonchev–Trinajstić information content (AvgIpc) is 3.21. The van der Waals surface area contributed by atoms with Crippen molar-refractivity contribution in [3.05, 3.63) is 48.3 Å². The highest BCUT2D eigenvalue weighted by molar-refractivity contribution is 5.77. The number of nitrogens with one attached hydrogen (secondary N) is 1. The number of methoxy groups -OCH3 is 1. The van der Waals surface area contributed by atoms with Gasteiger partial charge < -0.3 is 24.4 Å². The standard InChI is InChI=1S/C23H28F3N3O4/c1-22(2,15-31-3)32-14-21(30)28-16-9-10-29(13-16)17-5-4-6-18(11-17)33-19-7-8-20(27-12-19)23(24,25)26/h4-8,11-12,16H,9-10,13-15H2,1-3H3,(H,28,30)/t16-/m0/s1. The van der Waals surface area contributed by atoms with E-state index in [9.17, 15) is 18.0 Å². The quantitative estimate of drug-likeness (QED) is 0.601. The molecular formula is C23H28F3N3O4. The van der Waals surface area contributed by atoms with Gasteiger partial charge in [-0.3, -0.25) is 4.79 Å². The number of ether oxygens (including phenoxy) is 3. The van der Waals surface area contributed by atoms with Gasteiger partial charge in [0, 0.05) is 38.0 Å². The number of amides is 1. The van der Waals surface area contributed by atoms with Crippen molar-refractivity contribution in [2.75, 3.05) is 38.3 Å². The summed E-state index contributed by atoms with van der Waals surface area (Å²) in [5.74, 6) is 0.511. The number of hydrogen-bond donors (Lipinski definition) is 1. The maximum atomic E-state index is 12.7. The van der Waals surface area contributed by atoms with Crippen molar-refractivity contribution in [2.45, 2.75) is 38.1 Å². The Morgan fingerprint density at radius 3 is 2.67 bits per heavy atom. The van der Waals surface area contributed by atoms with Crippen molar-refractivity contribution in [3.63, 3.8) is 0 Å². The van der Waals surface area contributed by atoms with Crippen LogP contribution in [0.25, 0.3) is 0 Å². The summed E-state index contributed by atoms with van der Waals surface area (Å²) in [4.78, 5) is 17.8. The number of benzene rings is 1. The van der Waals surface area contributed by atoms with Gasteiger partial charge in [-0.05, 0) is 44.5 Å². The van der Waals surface area contributed by atoms with Crippen molar-refractivity contribution >= 4 is 11.6 Å². The molecule has 1 N–H and O–H groups in total. The summed E-state index contributed by atoms with van der Waals surface area (Å²) in [6.45, 7) is 5.42. The van der Waals surface area contributed by atoms with Gasteiger partial charge in [0.2, 0.25) is 5.91 Å². The Kier molecular flexibility index (Phi) is 7.80. The third kappa shape index (κ3) is 7.33. The highest BCUT2D eigenvalue weighted by Crippen LogP contribution is 2.31. The number of alkyl halides is 3. The second-order valence-corrected chi connectivity index (χ2v) is 8.46. The Labute approximate surface area is 190 Å². The van der Waals surface area contributed by atoms with Gasteiger partial charge in [-0.15, -0.1) is 0 Å². The SMILES string of the molecule is COCC(C)(C)OCC(=O)N[C@H]1CCN(c2cccc(Oc3ccc(C(F)(F)F)nc3)c2)C1. The molecule has 0 radical (unpaired) electrons. The number of halogens is 3. The summed E-state index contributed by atoms with van der Waals surface area (Å²) < 4.78 is 54.4. The molecule has 0 bridgehead atoms. The van der Waals surface area contributed by atoms with Crippen molar-refractivity contribution in [3.8, 4) is 11.5 Å². The molecule has 7 nitrogen and oxygen atoms in total. The molecule has 0 spiro atoms. The van der Waals surface area contributed by atoms with Gasteiger partial charge in [0.1, 0.15) is 23.8 Å². The number of rotatable bonds is 9. The summed E-state index contributed by atoms with van der Waals surface area (Å²) >= 11 is 0. The van der Waals surface area contributed by atoms with Crippen molar-refractivity contribution in [1.29, 1.82) is 0 Å². The maximum absolute atomic E-state index is 12.7. The zero-order valence-corrected chi connectivity index (χ0v) is 18.8. The van der Waals surface area contributed by atoms with Gasteiger partial charge in [-0.2, -0.15) is 13.2 Å². The largest absolute Gasteiger partial charge is 0.456 e. The zero-order chi connectivity index (χ0) is 24.1. The smallest absolute Gasteiger partial charge is 0.433 e. The third-order valence-corrected chi connectivity index (χ3v) is 5.08. The molecular weight excluding hydrogens is 439 g/mol. The zero-order valence-electron chi connectivity index (χ0n) is 18.8. The van der Waals surface area contributed by atoms with Crippen molar-refractivity contribution in [2.24, 2.45) is 0 Å². The minimum absolute atomic E-state index is 0.0182. The van der Waals surface area contributed by atoms with Crippen LogP contribution in [-0.4, -0.2) is 55.9 Å². The van der Waals surface area contributed by atoms with Crippen LogP contribution in [-0.2, 0) is 20.4 Å². The van der Waals surface area contributed by atoms with Crippen LogP contribution in [0, 0.1) is 0 Å². The Balaban J connectivity index is 1.53. The van der Waals surface area contributed by atoms with Crippen LogP contribution < -0.4 is 15.0 Å².